The van der Waals surface area contributed by atoms with Crippen LogP contribution in [0.2, 0.25) is 0 Å². The molecule has 166 valence electrons. The first-order chi connectivity index (χ1) is 15.0. The van der Waals surface area contributed by atoms with E-state index in [4.69, 9.17) is 13.9 Å². The van der Waals surface area contributed by atoms with E-state index in [1.165, 1.54) is 0 Å². The molecule has 1 aliphatic heterocycles. The Hall–Kier alpha value is -2.96. The standard InChI is InChI=1S/C24H30N2O5/c1-16-6-9-18(10-7-16)25-15-22(27)26(14-19-5-4-12-31-19)23(24(25)28)17-8-11-20(29-2)21(13-17)30-3/h4-5,8,11-13,16,18,23H,6-7,9-10,14-15H2,1-3H3/t16?,18?,23-/m1/s1. The Morgan fingerprint density at radius 1 is 1.03 bits per heavy atom. The Balaban J connectivity index is 1.69. The predicted octanol–water partition coefficient (Wildman–Crippen LogP) is 3.79. The van der Waals surface area contributed by atoms with Crippen LogP contribution in [0.5, 0.6) is 11.5 Å². The molecule has 0 N–H and O–H groups in total. The molecule has 0 radical (unpaired) electrons. The normalized spacial score (nSPS) is 24.4. The number of hydrogen-bond acceptors (Lipinski definition) is 5. The van der Waals surface area contributed by atoms with Crippen molar-refractivity contribution in [3.8, 4) is 11.5 Å². The van der Waals surface area contributed by atoms with Gasteiger partial charge in [0.15, 0.2) is 11.5 Å². The topological polar surface area (TPSA) is 72.2 Å². The van der Waals surface area contributed by atoms with E-state index in [2.05, 4.69) is 6.92 Å². The first-order valence-corrected chi connectivity index (χ1v) is 10.9. The second-order valence-electron chi connectivity index (χ2n) is 8.50. The number of benzene rings is 1. The van der Waals surface area contributed by atoms with Crippen molar-refractivity contribution in [2.24, 2.45) is 5.92 Å². The zero-order valence-electron chi connectivity index (χ0n) is 18.4. The number of carbonyl (C=O) groups excluding carboxylic acids is 2. The van der Waals surface area contributed by atoms with Crippen molar-refractivity contribution in [2.45, 2.75) is 51.2 Å². The van der Waals surface area contributed by atoms with Crippen molar-refractivity contribution in [1.29, 1.82) is 0 Å². The van der Waals surface area contributed by atoms with Gasteiger partial charge >= 0.3 is 0 Å². The fourth-order valence-electron chi connectivity index (χ4n) is 4.71. The molecule has 2 aromatic rings. The van der Waals surface area contributed by atoms with Gasteiger partial charge in [-0.25, -0.2) is 0 Å². The second-order valence-corrected chi connectivity index (χ2v) is 8.50. The zero-order chi connectivity index (χ0) is 22.0. The molecule has 2 aliphatic rings. The minimum absolute atomic E-state index is 0.0436. The van der Waals surface area contributed by atoms with E-state index in [9.17, 15) is 9.59 Å². The maximum atomic E-state index is 13.8. The van der Waals surface area contributed by atoms with E-state index in [1.54, 1.807) is 48.5 Å². The molecule has 1 atom stereocenters. The predicted molar refractivity (Wildman–Crippen MR) is 115 cm³/mol. The van der Waals surface area contributed by atoms with Crippen molar-refractivity contribution in [3.63, 3.8) is 0 Å². The number of hydrogen-bond donors (Lipinski definition) is 0. The first-order valence-electron chi connectivity index (χ1n) is 10.9. The highest BCUT2D eigenvalue weighted by Crippen LogP contribution is 2.37. The molecule has 7 heteroatoms. The number of rotatable bonds is 6. The van der Waals surface area contributed by atoms with Crippen LogP contribution in [-0.2, 0) is 16.1 Å². The van der Waals surface area contributed by atoms with E-state index in [0.717, 1.165) is 25.7 Å². The molecule has 4 rings (SSSR count). The molecule has 1 aliphatic carbocycles. The van der Waals surface area contributed by atoms with Crippen molar-refractivity contribution in [1.82, 2.24) is 9.80 Å². The number of nitrogens with zero attached hydrogens (tertiary/aromatic N) is 2. The van der Waals surface area contributed by atoms with Gasteiger partial charge < -0.3 is 23.7 Å². The van der Waals surface area contributed by atoms with Gasteiger partial charge in [-0.15, -0.1) is 0 Å². The summed E-state index contributed by atoms with van der Waals surface area (Å²) in [4.78, 5) is 30.5. The Kier molecular flexibility index (Phi) is 6.20. The fourth-order valence-corrected chi connectivity index (χ4v) is 4.71. The highest BCUT2D eigenvalue weighted by Gasteiger charge is 2.43. The summed E-state index contributed by atoms with van der Waals surface area (Å²) in [5, 5.41) is 0. The van der Waals surface area contributed by atoms with Crippen LogP contribution in [0.3, 0.4) is 0 Å². The molecular weight excluding hydrogens is 396 g/mol. The average molecular weight is 427 g/mol. The van der Waals surface area contributed by atoms with Gasteiger partial charge in [0.25, 0.3) is 5.91 Å². The Morgan fingerprint density at radius 2 is 1.77 bits per heavy atom. The lowest BCUT2D eigenvalue weighted by atomic mass is 9.85. The summed E-state index contributed by atoms with van der Waals surface area (Å²) in [6, 6.07) is 8.38. The summed E-state index contributed by atoms with van der Waals surface area (Å²) in [5.41, 5.74) is 0.705. The minimum Gasteiger partial charge on any atom is -0.493 e. The molecule has 1 aromatic heterocycles. The number of amides is 2. The third kappa shape index (κ3) is 4.27. The smallest absolute Gasteiger partial charge is 0.250 e. The molecule has 0 unspecified atom stereocenters. The van der Waals surface area contributed by atoms with Gasteiger partial charge in [-0.2, -0.15) is 0 Å². The Bertz CT molecular complexity index is 918. The molecule has 7 nitrogen and oxygen atoms in total. The quantitative estimate of drug-likeness (QED) is 0.703. The van der Waals surface area contributed by atoms with Crippen molar-refractivity contribution < 1.29 is 23.5 Å². The van der Waals surface area contributed by atoms with Gasteiger partial charge in [0, 0.05) is 6.04 Å². The molecule has 1 saturated heterocycles. The molecule has 0 bridgehead atoms. The number of piperazine rings is 1. The van der Waals surface area contributed by atoms with E-state index in [0.29, 0.717) is 28.7 Å². The summed E-state index contributed by atoms with van der Waals surface area (Å²) in [7, 11) is 3.13. The van der Waals surface area contributed by atoms with Crippen LogP contribution in [0.4, 0.5) is 0 Å². The van der Waals surface area contributed by atoms with E-state index >= 15 is 0 Å². The number of carbonyl (C=O) groups is 2. The summed E-state index contributed by atoms with van der Waals surface area (Å²) < 4.78 is 16.3. The van der Waals surface area contributed by atoms with Gasteiger partial charge in [0.05, 0.1) is 27.0 Å². The van der Waals surface area contributed by atoms with Crippen LogP contribution in [0.15, 0.2) is 41.0 Å². The summed E-state index contributed by atoms with van der Waals surface area (Å²) in [6.07, 6.45) is 5.63. The molecular formula is C24H30N2O5. The van der Waals surface area contributed by atoms with Crippen LogP contribution < -0.4 is 9.47 Å². The van der Waals surface area contributed by atoms with Crippen LogP contribution >= 0.6 is 0 Å². The van der Waals surface area contributed by atoms with Crippen molar-refractivity contribution in [2.75, 3.05) is 20.8 Å². The van der Waals surface area contributed by atoms with Gasteiger partial charge in [-0.1, -0.05) is 13.0 Å². The number of methoxy groups -OCH3 is 2. The van der Waals surface area contributed by atoms with Crippen LogP contribution in [0, 0.1) is 5.92 Å². The molecule has 31 heavy (non-hydrogen) atoms. The average Bonchev–Trinajstić information content (AvgIpc) is 3.30. The molecule has 2 heterocycles. The van der Waals surface area contributed by atoms with Crippen molar-refractivity contribution in [3.05, 3.63) is 47.9 Å². The largest absolute Gasteiger partial charge is 0.493 e. The van der Waals surface area contributed by atoms with E-state index in [-0.39, 0.29) is 30.9 Å². The highest BCUT2D eigenvalue weighted by molar-refractivity contribution is 5.96. The summed E-state index contributed by atoms with van der Waals surface area (Å²) in [6.45, 7) is 2.60. The fraction of sp³-hybridized carbons (Fsp3) is 0.500. The maximum Gasteiger partial charge on any atom is 0.250 e. The lowest BCUT2D eigenvalue weighted by molar-refractivity contribution is -0.160. The van der Waals surface area contributed by atoms with Gasteiger partial charge in [0.2, 0.25) is 5.91 Å². The van der Waals surface area contributed by atoms with Crippen LogP contribution in [0.1, 0.15) is 50.0 Å². The molecule has 0 spiro atoms. The van der Waals surface area contributed by atoms with Gasteiger partial charge in [0.1, 0.15) is 18.3 Å². The summed E-state index contributed by atoms with van der Waals surface area (Å²) >= 11 is 0. The summed E-state index contributed by atoms with van der Waals surface area (Å²) in [5.74, 6) is 2.31. The number of ether oxygens (including phenoxy) is 2. The molecule has 1 saturated carbocycles. The van der Waals surface area contributed by atoms with E-state index < -0.39 is 6.04 Å². The Labute approximate surface area is 182 Å². The van der Waals surface area contributed by atoms with E-state index in [1.807, 2.05) is 12.1 Å². The van der Waals surface area contributed by atoms with Crippen molar-refractivity contribution >= 4 is 11.8 Å². The zero-order valence-corrected chi connectivity index (χ0v) is 18.4. The van der Waals surface area contributed by atoms with Gasteiger partial charge in [-0.3, -0.25) is 9.59 Å². The lowest BCUT2D eigenvalue weighted by Gasteiger charge is -2.45. The number of furan rings is 1. The molecule has 2 amide bonds. The second kappa shape index (κ2) is 9.04. The third-order valence-corrected chi connectivity index (χ3v) is 6.51. The SMILES string of the molecule is COc1ccc([C@@H]2C(=O)N(C3CCC(C)CC3)CC(=O)N2Cc2ccco2)cc1OC. The lowest BCUT2D eigenvalue weighted by Crippen LogP contribution is -2.58. The Morgan fingerprint density at radius 3 is 2.42 bits per heavy atom. The molecule has 1 aromatic carbocycles. The third-order valence-electron chi connectivity index (χ3n) is 6.51. The van der Waals surface area contributed by atoms with Crippen LogP contribution in [-0.4, -0.2) is 48.4 Å². The molecule has 2 fully saturated rings. The monoisotopic (exact) mass is 426 g/mol. The highest BCUT2D eigenvalue weighted by atomic mass is 16.5. The first kappa shape index (κ1) is 21.3. The van der Waals surface area contributed by atoms with Gasteiger partial charge in [-0.05, 0) is 61.4 Å². The maximum absolute atomic E-state index is 13.8. The minimum atomic E-state index is -0.731. The van der Waals surface area contributed by atoms with Crippen LogP contribution in [0.25, 0.3) is 0 Å².